The number of nitrogens with zero attached hydrogens (tertiary/aromatic N) is 3. The summed E-state index contributed by atoms with van der Waals surface area (Å²) >= 11 is 0. The van der Waals surface area contributed by atoms with Gasteiger partial charge in [0, 0.05) is 19.6 Å². The van der Waals surface area contributed by atoms with E-state index < -0.39 is 14.5 Å². The van der Waals surface area contributed by atoms with Crippen LogP contribution >= 0.6 is 0 Å². The van der Waals surface area contributed by atoms with Crippen LogP contribution in [0.1, 0.15) is 46.0 Å². The minimum atomic E-state index is -6.00. The summed E-state index contributed by atoms with van der Waals surface area (Å²) in [6.45, 7) is 9.32. The maximum atomic E-state index is 9.75. The first-order valence-corrected chi connectivity index (χ1v) is 10.8. The van der Waals surface area contributed by atoms with E-state index in [4.69, 9.17) is 4.74 Å². The first kappa shape index (κ1) is 31.1. The van der Waals surface area contributed by atoms with Gasteiger partial charge in [0.05, 0.1) is 25.8 Å². The lowest BCUT2D eigenvalue weighted by Gasteiger charge is -2.09. The number of ether oxygens (including phenoxy) is 1. The van der Waals surface area contributed by atoms with Crippen LogP contribution < -0.4 is 9.47 Å². The normalized spacial score (nSPS) is 15.5. The van der Waals surface area contributed by atoms with Crippen molar-refractivity contribution in [1.82, 2.24) is 4.57 Å². The Bertz CT molecular complexity index is 672. The number of rotatable bonds is 12. The van der Waals surface area contributed by atoms with E-state index in [-0.39, 0.29) is 0 Å². The fourth-order valence-electron chi connectivity index (χ4n) is 2.80. The number of aliphatic imine (C=N–C) groups is 1. The fraction of sp³-hybridized carbons (Fsp3) is 0.667. The van der Waals surface area contributed by atoms with E-state index in [0.29, 0.717) is 0 Å². The van der Waals surface area contributed by atoms with Crippen molar-refractivity contribution >= 4 is 20.3 Å². The van der Waals surface area contributed by atoms with Gasteiger partial charge in [-0.1, -0.05) is 0 Å². The van der Waals surface area contributed by atoms with Gasteiger partial charge in [0.2, 0.25) is 12.2 Å². The molecule has 0 fully saturated rings. The molecule has 0 bridgehead atoms. The molecule has 5 nitrogen and oxygen atoms in total. The summed E-state index contributed by atoms with van der Waals surface area (Å²) in [5.41, 5.74) is 0. The van der Waals surface area contributed by atoms with Crippen LogP contribution in [0.2, 0.25) is 0 Å². The third kappa shape index (κ3) is 21.7. The number of amidine groups is 1. The molecule has 0 saturated heterocycles. The Morgan fingerprint density at radius 3 is 2.03 bits per heavy atom. The van der Waals surface area contributed by atoms with Gasteiger partial charge in [-0.3, -0.25) is 4.90 Å². The van der Waals surface area contributed by atoms with Gasteiger partial charge < -0.3 is 39.3 Å². The van der Waals surface area contributed by atoms with E-state index in [0.717, 1.165) is 52.1 Å². The van der Waals surface area contributed by atoms with Crippen LogP contribution in [0.15, 0.2) is 36.1 Å². The van der Waals surface area contributed by atoms with Crippen LogP contribution in [0.3, 0.4) is 0 Å². The largest absolute Gasteiger partial charge is 0.673 e. The quantitative estimate of drug-likeness (QED) is 0.202. The maximum absolute atomic E-state index is 9.75. The zero-order chi connectivity index (χ0) is 25.3. The topological polar surface area (TPSA) is 34.8 Å². The molecular formula is C18H32B2F8N4O. The number of hydrogen-bond acceptors (Lipinski definition) is 2. The first-order valence-electron chi connectivity index (χ1n) is 10.8. The lowest BCUT2D eigenvalue weighted by Crippen LogP contribution is -3.09. The SMILES string of the molecule is CC[n+]1ccn(CCCCOCCCCC2=NC=C[NH+]2CC)c1.F[B-](F)(F)F.F[B-](F)(F)F. The summed E-state index contributed by atoms with van der Waals surface area (Å²) in [5.74, 6) is 1.28. The highest BCUT2D eigenvalue weighted by Gasteiger charge is 2.21. The number of imidazole rings is 1. The summed E-state index contributed by atoms with van der Waals surface area (Å²) in [5, 5.41) is 0. The highest BCUT2D eigenvalue weighted by Crippen LogP contribution is 2.07. The molecule has 192 valence electrons. The van der Waals surface area contributed by atoms with Crippen LogP contribution in [0.4, 0.5) is 34.5 Å². The summed E-state index contributed by atoms with van der Waals surface area (Å²) in [6.07, 6.45) is 16.2. The first-order chi connectivity index (χ1) is 15.3. The van der Waals surface area contributed by atoms with Gasteiger partial charge in [-0.2, -0.15) is 0 Å². The molecule has 2 heterocycles. The Labute approximate surface area is 189 Å². The van der Waals surface area contributed by atoms with Gasteiger partial charge in [0.1, 0.15) is 18.6 Å². The van der Waals surface area contributed by atoms with Gasteiger partial charge >= 0.3 is 14.5 Å². The van der Waals surface area contributed by atoms with Crippen molar-refractivity contribution in [3.63, 3.8) is 0 Å². The van der Waals surface area contributed by atoms with Crippen molar-refractivity contribution < 1.29 is 48.7 Å². The Balaban J connectivity index is 0.000000859. The van der Waals surface area contributed by atoms with Gasteiger partial charge in [-0.25, -0.2) is 14.1 Å². The molecule has 1 N–H and O–H groups in total. The minimum Gasteiger partial charge on any atom is -0.418 e. The maximum Gasteiger partial charge on any atom is 0.673 e. The molecule has 0 radical (unpaired) electrons. The highest BCUT2D eigenvalue weighted by molar-refractivity contribution is 6.50. The van der Waals surface area contributed by atoms with Crippen molar-refractivity contribution in [1.29, 1.82) is 0 Å². The average Bonchev–Trinajstić information content (AvgIpc) is 3.32. The zero-order valence-corrected chi connectivity index (χ0v) is 18.9. The second-order valence-electron chi connectivity index (χ2n) is 7.02. The molecule has 0 saturated carbocycles. The molecule has 0 spiro atoms. The van der Waals surface area contributed by atoms with Crippen LogP contribution in [-0.4, -0.2) is 44.7 Å². The number of aryl methyl sites for hydroxylation is 2. The van der Waals surface area contributed by atoms with Crippen LogP contribution in [0.5, 0.6) is 0 Å². The predicted octanol–water partition coefficient (Wildman–Crippen LogP) is 4.15. The summed E-state index contributed by atoms with van der Waals surface area (Å²) in [4.78, 5) is 5.84. The van der Waals surface area contributed by atoms with Crippen molar-refractivity contribution in [3.8, 4) is 0 Å². The molecule has 0 aromatic carbocycles. The number of nitrogens with one attached hydrogen (secondary N) is 1. The Morgan fingerprint density at radius 1 is 0.939 bits per heavy atom. The van der Waals surface area contributed by atoms with Crippen LogP contribution in [-0.2, 0) is 17.8 Å². The van der Waals surface area contributed by atoms with Gasteiger partial charge in [-0.05, 0) is 39.5 Å². The van der Waals surface area contributed by atoms with E-state index in [1.807, 2.05) is 6.20 Å². The molecule has 1 atom stereocenters. The second kappa shape index (κ2) is 16.7. The standard InChI is InChI=1S/C18H31N4O.2BF4/c1-3-20-13-14-21(17-20)11-6-8-16-23-15-7-5-9-18-19-10-12-22(18)4-2;2*2-1(3,4)5/h10,12-14,17H,3-9,11,15-16H2,1-2H3;;/q+1;2*-1/p+1. The van der Waals surface area contributed by atoms with E-state index >= 15 is 0 Å². The lowest BCUT2D eigenvalue weighted by molar-refractivity contribution is -0.743. The van der Waals surface area contributed by atoms with Crippen LogP contribution in [0, 0.1) is 0 Å². The Hall–Kier alpha value is -1.89. The molecule has 1 unspecified atom stereocenters. The number of quaternary nitrogens is 1. The average molecular weight is 494 g/mol. The minimum absolute atomic E-state index is 0.877. The molecule has 2 rings (SSSR count). The molecule has 15 heteroatoms. The van der Waals surface area contributed by atoms with Gasteiger partial charge in [0.25, 0.3) is 0 Å². The molecular weight excluding hydrogens is 462 g/mol. The number of halogens is 8. The second-order valence-corrected chi connectivity index (χ2v) is 7.02. The van der Waals surface area contributed by atoms with E-state index in [1.165, 1.54) is 23.6 Å². The number of unbranched alkanes of at least 4 members (excludes halogenated alkanes) is 2. The van der Waals surface area contributed by atoms with E-state index in [1.54, 1.807) is 0 Å². The summed E-state index contributed by atoms with van der Waals surface area (Å²) in [7, 11) is -12.0. The van der Waals surface area contributed by atoms with Gasteiger partial charge in [0.15, 0.2) is 0 Å². The lowest BCUT2D eigenvalue weighted by atomic mass is 10.2. The Morgan fingerprint density at radius 2 is 1.52 bits per heavy atom. The highest BCUT2D eigenvalue weighted by atomic mass is 19.5. The smallest absolute Gasteiger partial charge is 0.418 e. The van der Waals surface area contributed by atoms with E-state index in [9.17, 15) is 34.5 Å². The summed E-state index contributed by atoms with van der Waals surface area (Å²) in [6, 6.07) is 0. The van der Waals surface area contributed by atoms with Crippen molar-refractivity contribution in [3.05, 3.63) is 31.1 Å². The van der Waals surface area contributed by atoms with Crippen molar-refractivity contribution in [2.45, 2.75) is 59.0 Å². The number of hydrogen-bond donors (Lipinski definition) is 1. The molecule has 1 aliphatic heterocycles. The molecule has 0 amide bonds. The number of aromatic nitrogens is 2. The molecule has 0 aliphatic carbocycles. The van der Waals surface area contributed by atoms with Gasteiger partial charge in [-0.15, -0.1) is 0 Å². The zero-order valence-electron chi connectivity index (χ0n) is 18.9. The predicted molar refractivity (Wildman–Crippen MR) is 113 cm³/mol. The fourth-order valence-corrected chi connectivity index (χ4v) is 2.80. The molecule has 1 aromatic heterocycles. The van der Waals surface area contributed by atoms with E-state index in [2.05, 4.69) is 52.9 Å². The third-order valence-electron chi connectivity index (χ3n) is 4.28. The van der Waals surface area contributed by atoms with Crippen LogP contribution in [0.25, 0.3) is 0 Å². The monoisotopic (exact) mass is 494 g/mol. The molecule has 1 aromatic rings. The summed E-state index contributed by atoms with van der Waals surface area (Å²) < 4.78 is 88.2. The molecule has 1 aliphatic rings. The van der Waals surface area contributed by atoms with Crippen molar-refractivity contribution in [2.75, 3.05) is 19.8 Å². The Kier molecular flexibility index (Phi) is 15.7. The third-order valence-corrected chi connectivity index (χ3v) is 4.28. The van der Waals surface area contributed by atoms with Crippen molar-refractivity contribution in [2.24, 2.45) is 4.99 Å². The molecule has 33 heavy (non-hydrogen) atoms.